The van der Waals surface area contributed by atoms with Gasteiger partial charge in [0.2, 0.25) is 5.91 Å². The lowest BCUT2D eigenvalue weighted by atomic mass is 10.2. The molecular formula is C26H29FN4O2S. The minimum absolute atomic E-state index is 0.00536. The maximum atomic E-state index is 14.0. The van der Waals surface area contributed by atoms with Gasteiger partial charge in [-0.15, -0.1) is 0 Å². The van der Waals surface area contributed by atoms with E-state index in [1.54, 1.807) is 6.07 Å². The van der Waals surface area contributed by atoms with Crippen LogP contribution >= 0.6 is 11.8 Å². The van der Waals surface area contributed by atoms with Crippen molar-refractivity contribution >= 4 is 28.6 Å². The van der Waals surface area contributed by atoms with Crippen molar-refractivity contribution in [2.45, 2.75) is 43.4 Å². The second kappa shape index (κ2) is 10.3. The maximum absolute atomic E-state index is 14.0. The number of thioether (sulfide) groups is 1. The van der Waals surface area contributed by atoms with Crippen molar-refractivity contribution in [1.29, 1.82) is 0 Å². The molecule has 34 heavy (non-hydrogen) atoms. The molecule has 1 aliphatic heterocycles. The van der Waals surface area contributed by atoms with Crippen LogP contribution in [-0.2, 0) is 11.3 Å². The highest BCUT2D eigenvalue weighted by molar-refractivity contribution is 7.99. The summed E-state index contributed by atoms with van der Waals surface area (Å²) in [5.74, 6) is 0.120. The molecule has 1 saturated carbocycles. The highest BCUT2D eigenvalue weighted by atomic mass is 32.2. The van der Waals surface area contributed by atoms with Gasteiger partial charge in [0.05, 0.1) is 16.7 Å². The number of rotatable bonds is 6. The quantitative estimate of drug-likeness (QED) is 0.393. The zero-order valence-electron chi connectivity index (χ0n) is 19.2. The lowest BCUT2D eigenvalue weighted by molar-refractivity contribution is -0.130. The van der Waals surface area contributed by atoms with Gasteiger partial charge < -0.3 is 4.90 Å². The molecular weight excluding hydrogens is 451 g/mol. The topological polar surface area (TPSA) is 58.4 Å². The molecule has 0 unspecified atom stereocenters. The first-order valence-corrected chi connectivity index (χ1v) is 13.0. The minimum atomic E-state index is -0.186. The van der Waals surface area contributed by atoms with E-state index in [1.807, 2.05) is 45.9 Å². The van der Waals surface area contributed by atoms with Gasteiger partial charge in [-0.05, 0) is 31.0 Å². The number of amides is 1. The molecule has 8 heteroatoms. The summed E-state index contributed by atoms with van der Waals surface area (Å²) in [6.07, 6.45) is 4.19. The largest absolute Gasteiger partial charge is 0.339 e. The Bertz CT molecular complexity index is 1230. The molecule has 6 nitrogen and oxygen atoms in total. The number of nitrogens with zero attached hydrogens (tertiary/aromatic N) is 4. The van der Waals surface area contributed by atoms with Crippen molar-refractivity contribution in [1.82, 2.24) is 19.4 Å². The van der Waals surface area contributed by atoms with Crippen molar-refractivity contribution in [2.75, 3.05) is 31.9 Å². The maximum Gasteiger partial charge on any atom is 0.262 e. The van der Waals surface area contributed by atoms with Gasteiger partial charge >= 0.3 is 0 Å². The number of piperazine rings is 1. The molecule has 1 aliphatic carbocycles. The SMILES string of the molecule is O=C(CSc1nc2ccccc2c(=O)n1C1CCCC1)N1CCN(Cc2ccccc2F)CC1. The smallest absolute Gasteiger partial charge is 0.262 e. The van der Waals surface area contributed by atoms with Crippen LogP contribution in [0.1, 0.15) is 37.3 Å². The molecule has 0 spiro atoms. The first-order chi connectivity index (χ1) is 16.6. The van der Waals surface area contributed by atoms with Crippen molar-refractivity contribution in [3.05, 3.63) is 70.3 Å². The minimum Gasteiger partial charge on any atom is -0.339 e. The molecule has 0 atom stereocenters. The Kier molecular flexibility index (Phi) is 6.97. The van der Waals surface area contributed by atoms with Crippen molar-refractivity contribution in [3.8, 4) is 0 Å². The van der Waals surface area contributed by atoms with E-state index in [9.17, 15) is 14.0 Å². The van der Waals surface area contributed by atoms with Gasteiger partial charge in [0.25, 0.3) is 5.56 Å². The average molecular weight is 481 g/mol. The van der Waals surface area contributed by atoms with E-state index in [-0.39, 0.29) is 29.1 Å². The Morgan fingerprint density at radius 3 is 2.47 bits per heavy atom. The van der Waals surface area contributed by atoms with Crippen LogP contribution < -0.4 is 5.56 Å². The number of carbonyl (C=O) groups excluding carboxylic acids is 1. The summed E-state index contributed by atoms with van der Waals surface area (Å²) in [5, 5.41) is 1.28. The molecule has 1 aromatic heterocycles. The predicted molar refractivity (Wildman–Crippen MR) is 132 cm³/mol. The molecule has 2 heterocycles. The fraction of sp³-hybridized carbons (Fsp3) is 0.423. The van der Waals surface area contributed by atoms with Crippen LogP contribution in [0.3, 0.4) is 0 Å². The highest BCUT2D eigenvalue weighted by Crippen LogP contribution is 2.32. The van der Waals surface area contributed by atoms with Gasteiger partial charge in [0.15, 0.2) is 5.16 Å². The van der Waals surface area contributed by atoms with Crippen LogP contribution in [0.4, 0.5) is 4.39 Å². The Hall–Kier alpha value is -2.71. The summed E-state index contributed by atoms with van der Waals surface area (Å²) in [6.45, 7) is 3.22. The lowest BCUT2D eigenvalue weighted by Crippen LogP contribution is -2.48. The molecule has 0 N–H and O–H groups in total. The summed E-state index contributed by atoms with van der Waals surface area (Å²) in [7, 11) is 0. The second-order valence-corrected chi connectivity index (χ2v) is 10.0. The van der Waals surface area contributed by atoms with Crippen molar-refractivity contribution in [3.63, 3.8) is 0 Å². The molecule has 0 radical (unpaired) electrons. The molecule has 2 aliphatic rings. The van der Waals surface area contributed by atoms with E-state index in [1.165, 1.54) is 17.8 Å². The lowest BCUT2D eigenvalue weighted by Gasteiger charge is -2.34. The van der Waals surface area contributed by atoms with E-state index in [2.05, 4.69) is 4.90 Å². The predicted octanol–water partition coefficient (Wildman–Crippen LogP) is 4.09. The summed E-state index contributed by atoms with van der Waals surface area (Å²) >= 11 is 1.37. The summed E-state index contributed by atoms with van der Waals surface area (Å²) in [4.78, 5) is 35.1. The third-order valence-electron chi connectivity index (χ3n) is 6.87. The average Bonchev–Trinajstić information content (AvgIpc) is 3.39. The van der Waals surface area contributed by atoms with Crippen LogP contribution in [0.2, 0.25) is 0 Å². The number of hydrogen-bond donors (Lipinski definition) is 0. The Labute approximate surface area is 202 Å². The second-order valence-electron chi connectivity index (χ2n) is 9.06. The number of fused-ring (bicyclic) bond motifs is 1. The van der Waals surface area contributed by atoms with Crippen LogP contribution in [0.15, 0.2) is 58.5 Å². The number of carbonyl (C=O) groups is 1. The van der Waals surface area contributed by atoms with E-state index in [0.29, 0.717) is 54.3 Å². The number of para-hydroxylation sites is 1. The summed E-state index contributed by atoms with van der Waals surface area (Å²) in [6, 6.07) is 14.4. The molecule has 0 bridgehead atoms. The van der Waals surface area contributed by atoms with Crippen LogP contribution in [0.5, 0.6) is 0 Å². The van der Waals surface area contributed by atoms with Crippen molar-refractivity contribution in [2.24, 2.45) is 0 Å². The zero-order chi connectivity index (χ0) is 23.5. The fourth-order valence-electron chi connectivity index (χ4n) is 4.95. The molecule has 2 fully saturated rings. The normalized spacial score (nSPS) is 17.5. The monoisotopic (exact) mass is 480 g/mol. The van der Waals surface area contributed by atoms with Gasteiger partial charge in [-0.1, -0.05) is 54.9 Å². The third-order valence-corrected chi connectivity index (χ3v) is 7.80. The van der Waals surface area contributed by atoms with Gasteiger partial charge in [-0.2, -0.15) is 0 Å². The Morgan fingerprint density at radius 2 is 1.71 bits per heavy atom. The van der Waals surface area contributed by atoms with Crippen LogP contribution in [0.25, 0.3) is 10.9 Å². The van der Waals surface area contributed by atoms with Gasteiger partial charge in [-0.3, -0.25) is 19.1 Å². The molecule has 3 aromatic rings. The standard InChI is InChI=1S/C26H29FN4O2S/c27-22-11-5-1-7-19(22)17-29-13-15-30(16-14-29)24(32)18-34-26-28-23-12-6-4-10-21(23)25(33)31(26)20-8-2-3-9-20/h1,4-7,10-12,20H,2-3,8-9,13-18H2. The highest BCUT2D eigenvalue weighted by Gasteiger charge is 2.25. The Balaban J connectivity index is 1.24. The van der Waals surface area contributed by atoms with E-state index < -0.39 is 0 Å². The molecule has 2 aromatic carbocycles. The van der Waals surface area contributed by atoms with Crippen molar-refractivity contribution < 1.29 is 9.18 Å². The van der Waals surface area contributed by atoms with Crippen LogP contribution in [0, 0.1) is 5.82 Å². The summed E-state index contributed by atoms with van der Waals surface area (Å²) < 4.78 is 15.8. The number of halogens is 1. The number of hydrogen-bond acceptors (Lipinski definition) is 5. The summed E-state index contributed by atoms with van der Waals surface area (Å²) in [5.41, 5.74) is 1.36. The number of aromatic nitrogens is 2. The zero-order valence-corrected chi connectivity index (χ0v) is 20.0. The van der Waals surface area contributed by atoms with Gasteiger partial charge in [0.1, 0.15) is 5.82 Å². The third kappa shape index (κ3) is 4.88. The first-order valence-electron chi connectivity index (χ1n) is 12.0. The van der Waals surface area contributed by atoms with E-state index >= 15 is 0 Å². The molecule has 1 saturated heterocycles. The van der Waals surface area contributed by atoms with E-state index in [0.717, 1.165) is 25.7 Å². The number of benzene rings is 2. The van der Waals surface area contributed by atoms with Crippen LogP contribution in [-0.4, -0.2) is 57.2 Å². The van der Waals surface area contributed by atoms with Gasteiger partial charge in [-0.25, -0.2) is 9.37 Å². The van der Waals surface area contributed by atoms with Gasteiger partial charge in [0, 0.05) is 44.3 Å². The molecule has 1 amide bonds. The van der Waals surface area contributed by atoms with E-state index in [4.69, 9.17) is 4.98 Å². The first kappa shape index (κ1) is 23.1. The Morgan fingerprint density at radius 1 is 1.00 bits per heavy atom. The molecule has 5 rings (SSSR count). The fourth-order valence-corrected chi connectivity index (χ4v) is 5.92. The molecule has 178 valence electrons.